The van der Waals surface area contributed by atoms with E-state index in [4.69, 9.17) is 5.26 Å². The lowest BCUT2D eigenvalue weighted by Gasteiger charge is -2.04. The molecule has 0 saturated heterocycles. The lowest BCUT2D eigenvalue weighted by molar-refractivity contribution is 0.954. The molecular formula is C11H12N2. The fourth-order valence-corrected chi connectivity index (χ4v) is 1.61. The van der Waals surface area contributed by atoms with E-state index < -0.39 is 0 Å². The van der Waals surface area contributed by atoms with Crippen LogP contribution < -0.4 is 0 Å². The number of pyridine rings is 1. The van der Waals surface area contributed by atoms with Crippen molar-refractivity contribution in [3.63, 3.8) is 0 Å². The summed E-state index contributed by atoms with van der Waals surface area (Å²) >= 11 is 0. The Morgan fingerprint density at radius 1 is 1.62 bits per heavy atom. The van der Waals surface area contributed by atoms with Gasteiger partial charge in [-0.2, -0.15) is 5.26 Å². The highest BCUT2D eigenvalue weighted by Crippen LogP contribution is 2.41. The van der Waals surface area contributed by atoms with Crippen LogP contribution >= 0.6 is 0 Å². The molecule has 1 aromatic heterocycles. The van der Waals surface area contributed by atoms with Gasteiger partial charge >= 0.3 is 0 Å². The van der Waals surface area contributed by atoms with Crippen LogP contribution in [0.5, 0.6) is 0 Å². The first-order chi connectivity index (χ1) is 6.35. The Bertz CT molecular complexity index is 359. The molecule has 0 N–H and O–H groups in total. The first kappa shape index (κ1) is 8.25. The van der Waals surface area contributed by atoms with Gasteiger partial charge in [-0.05, 0) is 36.8 Å². The van der Waals surface area contributed by atoms with Crippen LogP contribution in [0.4, 0.5) is 0 Å². The van der Waals surface area contributed by atoms with E-state index in [2.05, 4.69) is 18.0 Å². The lowest BCUT2D eigenvalue weighted by atomic mass is 10.1. The molecule has 1 aliphatic rings. The minimum Gasteiger partial charge on any atom is -0.260 e. The Balaban J connectivity index is 2.42. The summed E-state index contributed by atoms with van der Waals surface area (Å²) in [5.41, 5.74) is 3.17. The van der Waals surface area contributed by atoms with Crippen LogP contribution in [-0.4, -0.2) is 4.98 Å². The van der Waals surface area contributed by atoms with E-state index in [9.17, 15) is 0 Å². The third-order valence-electron chi connectivity index (χ3n) is 2.48. The number of nitriles is 1. The van der Waals surface area contributed by atoms with Crippen molar-refractivity contribution in [1.29, 1.82) is 5.26 Å². The van der Waals surface area contributed by atoms with Crippen molar-refractivity contribution in [2.75, 3.05) is 0 Å². The second-order valence-electron chi connectivity index (χ2n) is 3.50. The molecule has 0 radical (unpaired) electrons. The van der Waals surface area contributed by atoms with Crippen LogP contribution in [0.3, 0.4) is 0 Å². The van der Waals surface area contributed by atoms with Crippen LogP contribution in [0, 0.1) is 11.3 Å². The lowest BCUT2D eigenvalue weighted by Crippen LogP contribution is -1.95. The summed E-state index contributed by atoms with van der Waals surface area (Å²) in [6.07, 6.45) is 5.18. The Morgan fingerprint density at radius 3 is 2.92 bits per heavy atom. The van der Waals surface area contributed by atoms with Gasteiger partial charge in [0.25, 0.3) is 0 Å². The van der Waals surface area contributed by atoms with E-state index in [1.165, 1.54) is 24.1 Å². The number of nitrogens with zero attached hydrogens (tertiary/aromatic N) is 2. The van der Waals surface area contributed by atoms with Gasteiger partial charge < -0.3 is 0 Å². The fourth-order valence-electron chi connectivity index (χ4n) is 1.61. The van der Waals surface area contributed by atoms with Crippen molar-refractivity contribution in [1.82, 2.24) is 4.98 Å². The van der Waals surface area contributed by atoms with Crippen molar-refractivity contribution in [3.8, 4) is 6.07 Å². The quantitative estimate of drug-likeness (QED) is 0.686. The normalized spacial score (nSPS) is 15.4. The van der Waals surface area contributed by atoms with Crippen molar-refractivity contribution in [2.45, 2.75) is 32.1 Å². The second kappa shape index (κ2) is 3.18. The molecule has 0 spiro atoms. The minimum absolute atomic E-state index is 0.691. The molecule has 1 fully saturated rings. The molecule has 0 bridgehead atoms. The highest BCUT2D eigenvalue weighted by molar-refractivity contribution is 5.36. The van der Waals surface area contributed by atoms with Gasteiger partial charge in [0.1, 0.15) is 6.07 Å². The smallest absolute Gasteiger partial charge is 0.101 e. The molecule has 1 saturated carbocycles. The maximum absolute atomic E-state index is 8.74. The average molecular weight is 172 g/mol. The number of aromatic nitrogens is 1. The Hall–Kier alpha value is -1.36. The average Bonchev–Trinajstić information content (AvgIpc) is 3.00. The fraction of sp³-hybridized carbons (Fsp3) is 0.455. The molecule has 0 unspecified atom stereocenters. The first-order valence-electron chi connectivity index (χ1n) is 4.74. The summed E-state index contributed by atoms with van der Waals surface area (Å²) in [5.74, 6) is 0.691. The van der Waals surface area contributed by atoms with Crippen molar-refractivity contribution in [3.05, 3.63) is 29.1 Å². The maximum Gasteiger partial charge on any atom is 0.101 e. The highest BCUT2D eigenvalue weighted by Gasteiger charge is 2.26. The number of hydrogen-bond donors (Lipinski definition) is 0. The third-order valence-corrected chi connectivity index (χ3v) is 2.48. The first-order valence-corrected chi connectivity index (χ1v) is 4.74. The SMILES string of the molecule is CCc1ncc(C#N)cc1C1CC1. The predicted molar refractivity (Wildman–Crippen MR) is 50.3 cm³/mol. The molecule has 0 amide bonds. The van der Waals surface area contributed by atoms with Crippen LogP contribution in [0.1, 0.15) is 42.5 Å². The summed E-state index contributed by atoms with van der Waals surface area (Å²) in [6, 6.07) is 4.14. The molecule has 2 nitrogen and oxygen atoms in total. The minimum atomic E-state index is 0.691. The van der Waals surface area contributed by atoms with E-state index in [0.29, 0.717) is 11.5 Å². The van der Waals surface area contributed by atoms with Crippen LogP contribution in [-0.2, 0) is 6.42 Å². The van der Waals surface area contributed by atoms with Crippen molar-refractivity contribution < 1.29 is 0 Å². The maximum atomic E-state index is 8.74. The summed E-state index contributed by atoms with van der Waals surface area (Å²) in [6.45, 7) is 2.11. The van der Waals surface area contributed by atoms with Gasteiger partial charge in [-0.15, -0.1) is 0 Å². The van der Waals surface area contributed by atoms with Gasteiger partial charge in [0, 0.05) is 11.9 Å². The van der Waals surface area contributed by atoms with E-state index in [1.807, 2.05) is 6.07 Å². The van der Waals surface area contributed by atoms with Crippen LogP contribution in [0.25, 0.3) is 0 Å². The van der Waals surface area contributed by atoms with Gasteiger partial charge in [-0.1, -0.05) is 6.92 Å². The zero-order valence-electron chi connectivity index (χ0n) is 7.75. The van der Waals surface area contributed by atoms with Gasteiger partial charge in [-0.25, -0.2) is 0 Å². The molecule has 0 aromatic carbocycles. The zero-order valence-corrected chi connectivity index (χ0v) is 7.75. The van der Waals surface area contributed by atoms with Crippen LogP contribution in [0.2, 0.25) is 0 Å². The van der Waals surface area contributed by atoms with Crippen molar-refractivity contribution >= 4 is 0 Å². The summed E-state index contributed by atoms with van der Waals surface area (Å²) < 4.78 is 0. The zero-order chi connectivity index (χ0) is 9.26. The standard InChI is InChI=1S/C11H12N2/c1-2-11-10(9-3-4-9)5-8(6-12)7-13-11/h5,7,9H,2-4H2,1H3. The monoisotopic (exact) mass is 172 g/mol. The van der Waals surface area contributed by atoms with Crippen molar-refractivity contribution in [2.24, 2.45) is 0 Å². The van der Waals surface area contributed by atoms with E-state index in [0.717, 1.165) is 6.42 Å². The van der Waals surface area contributed by atoms with Gasteiger partial charge in [-0.3, -0.25) is 4.98 Å². The molecule has 2 heteroatoms. The molecular weight excluding hydrogens is 160 g/mol. The number of hydrogen-bond acceptors (Lipinski definition) is 2. The van der Waals surface area contributed by atoms with Crippen LogP contribution in [0.15, 0.2) is 12.3 Å². The van der Waals surface area contributed by atoms with Gasteiger partial charge in [0.15, 0.2) is 0 Å². The largest absolute Gasteiger partial charge is 0.260 e. The van der Waals surface area contributed by atoms with E-state index in [1.54, 1.807) is 6.20 Å². The van der Waals surface area contributed by atoms with Gasteiger partial charge in [0.05, 0.1) is 5.56 Å². The third kappa shape index (κ3) is 1.55. The number of rotatable bonds is 2. The van der Waals surface area contributed by atoms with E-state index >= 15 is 0 Å². The molecule has 0 atom stereocenters. The highest BCUT2D eigenvalue weighted by atomic mass is 14.7. The van der Waals surface area contributed by atoms with Gasteiger partial charge in [0.2, 0.25) is 0 Å². The molecule has 13 heavy (non-hydrogen) atoms. The predicted octanol–water partition coefficient (Wildman–Crippen LogP) is 2.39. The Morgan fingerprint density at radius 2 is 2.38 bits per heavy atom. The molecule has 1 heterocycles. The molecule has 1 aliphatic carbocycles. The summed E-state index contributed by atoms with van der Waals surface area (Å²) in [7, 11) is 0. The second-order valence-corrected chi connectivity index (χ2v) is 3.50. The summed E-state index contributed by atoms with van der Waals surface area (Å²) in [5, 5.41) is 8.74. The topological polar surface area (TPSA) is 36.7 Å². The molecule has 66 valence electrons. The number of aryl methyl sites for hydroxylation is 1. The Labute approximate surface area is 78.2 Å². The molecule has 1 aromatic rings. The molecule has 2 rings (SSSR count). The molecule has 0 aliphatic heterocycles. The summed E-state index contributed by atoms with van der Waals surface area (Å²) in [4.78, 5) is 4.31. The van der Waals surface area contributed by atoms with E-state index in [-0.39, 0.29) is 0 Å². The Kier molecular flexibility index (Phi) is 2.02.